The van der Waals surface area contributed by atoms with Gasteiger partial charge in [0.25, 0.3) is 0 Å². The molecular weight excluding hydrogens is 192 g/mol. The van der Waals surface area contributed by atoms with Gasteiger partial charge in [-0.2, -0.15) is 0 Å². The van der Waals surface area contributed by atoms with Crippen molar-refractivity contribution in [3.63, 3.8) is 0 Å². The molecule has 1 nitrogen and oxygen atoms in total. The Morgan fingerprint density at radius 1 is 1.45 bits per heavy atom. The molecule has 2 unspecified atom stereocenters. The third-order valence-corrected chi connectivity index (χ3v) is 11.7. The van der Waals surface area contributed by atoms with Crippen LogP contribution in [0.1, 0.15) is 6.42 Å². The SMILES string of the molecule is C[Si](C)(C)C1SCCC[S+]1[O-]. The summed E-state index contributed by atoms with van der Waals surface area (Å²) in [4.78, 5) is 0. The van der Waals surface area contributed by atoms with Crippen LogP contribution >= 0.6 is 11.8 Å². The quantitative estimate of drug-likeness (QED) is 0.486. The second-order valence-electron chi connectivity index (χ2n) is 4.01. The minimum atomic E-state index is -1.16. The molecule has 1 saturated heterocycles. The van der Waals surface area contributed by atoms with Crippen molar-refractivity contribution in [1.82, 2.24) is 0 Å². The molecule has 4 heteroatoms. The van der Waals surface area contributed by atoms with Crippen LogP contribution in [0.2, 0.25) is 19.6 Å². The van der Waals surface area contributed by atoms with Gasteiger partial charge in [0.05, 0.1) is 0 Å². The smallest absolute Gasteiger partial charge is 0.143 e. The molecule has 0 amide bonds. The zero-order valence-electron chi connectivity index (χ0n) is 7.42. The van der Waals surface area contributed by atoms with Crippen molar-refractivity contribution >= 4 is 31.0 Å². The summed E-state index contributed by atoms with van der Waals surface area (Å²) in [6.07, 6.45) is 1.15. The molecule has 0 aromatic carbocycles. The van der Waals surface area contributed by atoms with Gasteiger partial charge in [-0.25, -0.2) is 0 Å². The van der Waals surface area contributed by atoms with Crippen LogP contribution in [-0.2, 0) is 11.2 Å². The molecule has 0 N–H and O–H groups in total. The Morgan fingerprint density at radius 2 is 2.09 bits per heavy atom. The van der Waals surface area contributed by atoms with E-state index in [0.29, 0.717) is 4.21 Å². The summed E-state index contributed by atoms with van der Waals surface area (Å²) < 4.78 is 12.1. The lowest BCUT2D eigenvalue weighted by molar-refractivity contribution is 0.595. The maximum Gasteiger partial charge on any atom is 0.143 e. The second-order valence-corrected chi connectivity index (χ2v) is 13.3. The van der Waals surface area contributed by atoms with E-state index in [1.165, 1.54) is 5.75 Å². The molecule has 1 aliphatic heterocycles. The Kier molecular flexibility index (Phi) is 3.37. The van der Waals surface area contributed by atoms with Gasteiger partial charge >= 0.3 is 0 Å². The van der Waals surface area contributed by atoms with E-state index in [1.54, 1.807) is 0 Å². The van der Waals surface area contributed by atoms with E-state index in [-0.39, 0.29) is 0 Å². The van der Waals surface area contributed by atoms with Crippen molar-refractivity contribution in [3.05, 3.63) is 0 Å². The first-order valence-corrected chi connectivity index (χ1v) is 10.0. The van der Waals surface area contributed by atoms with Crippen LogP contribution in [0.15, 0.2) is 0 Å². The minimum Gasteiger partial charge on any atom is -0.616 e. The van der Waals surface area contributed by atoms with Gasteiger partial charge in [-0.3, -0.25) is 0 Å². The van der Waals surface area contributed by atoms with Gasteiger partial charge in [-0.05, 0) is 11.2 Å². The van der Waals surface area contributed by atoms with E-state index in [1.807, 2.05) is 11.8 Å². The predicted molar refractivity (Wildman–Crippen MR) is 57.2 cm³/mol. The predicted octanol–water partition coefficient (Wildman–Crippen LogP) is 2.08. The molecule has 1 fully saturated rings. The summed E-state index contributed by atoms with van der Waals surface area (Å²) in [5.41, 5.74) is 0. The molecule has 11 heavy (non-hydrogen) atoms. The normalized spacial score (nSPS) is 33.8. The number of rotatable bonds is 1. The number of hydrogen-bond donors (Lipinski definition) is 0. The maximum atomic E-state index is 11.6. The van der Waals surface area contributed by atoms with E-state index in [4.69, 9.17) is 0 Å². The Labute approximate surface area is 77.5 Å². The molecular formula is C7H16OS2Si. The molecule has 1 rings (SSSR count). The first kappa shape index (κ1) is 9.96. The zero-order chi connectivity index (χ0) is 8.48. The van der Waals surface area contributed by atoms with Crippen molar-refractivity contribution in [2.24, 2.45) is 0 Å². The van der Waals surface area contributed by atoms with Crippen LogP contribution in [0.25, 0.3) is 0 Å². The second kappa shape index (κ2) is 3.73. The van der Waals surface area contributed by atoms with E-state index >= 15 is 0 Å². The van der Waals surface area contributed by atoms with Crippen LogP contribution < -0.4 is 0 Å². The van der Waals surface area contributed by atoms with Gasteiger partial charge < -0.3 is 4.55 Å². The van der Waals surface area contributed by atoms with Gasteiger partial charge in [0.15, 0.2) is 0 Å². The number of thioether (sulfide) groups is 1. The molecule has 0 aromatic heterocycles. The van der Waals surface area contributed by atoms with Gasteiger partial charge in [-0.1, -0.05) is 19.6 Å². The monoisotopic (exact) mass is 208 g/mol. The molecule has 66 valence electrons. The molecule has 0 aromatic rings. The van der Waals surface area contributed by atoms with Crippen LogP contribution in [0.5, 0.6) is 0 Å². The Bertz CT molecular complexity index is 135. The van der Waals surface area contributed by atoms with E-state index in [9.17, 15) is 4.55 Å². The van der Waals surface area contributed by atoms with Crippen molar-refractivity contribution in [3.8, 4) is 0 Å². The molecule has 0 radical (unpaired) electrons. The Morgan fingerprint density at radius 3 is 2.45 bits per heavy atom. The summed E-state index contributed by atoms with van der Waals surface area (Å²) >= 11 is 1.42. The van der Waals surface area contributed by atoms with Crippen molar-refractivity contribution in [2.45, 2.75) is 30.3 Å². The highest BCUT2D eigenvalue weighted by molar-refractivity contribution is 8.16. The maximum absolute atomic E-state index is 11.6. The van der Waals surface area contributed by atoms with E-state index in [0.717, 1.165) is 12.2 Å². The highest BCUT2D eigenvalue weighted by Crippen LogP contribution is 2.32. The highest BCUT2D eigenvalue weighted by Gasteiger charge is 2.38. The number of hydrogen-bond acceptors (Lipinski definition) is 2. The van der Waals surface area contributed by atoms with Gasteiger partial charge in [0.1, 0.15) is 18.0 Å². The fourth-order valence-corrected chi connectivity index (χ4v) is 9.62. The molecule has 1 heterocycles. The first-order chi connectivity index (χ1) is 5.02. The average molecular weight is 208 g/mol. The van der Waals surface area contributed by atoms with Crippen LogP contribution in [0.3, 0.4) is 0 Å². The molecule has 2 atom stereocenters. The summed E-state index contributed by atoms with van der Waals surface area (Å²) in [5, 5.41) is 0. The average Bonchev–Trinajstić information content (AvgIpc) is 1.86. The Hall–Kier alpha value is 0.877. The summed E-state index contributed by atoms with van der Waals surface area (Å²) in [6.45, 7) is 6.94. The molecule has 0 aliphatic carbocycles. The largest absolute Gasteiger partial charge is 0.616 e. The van der Waals surface area contributed by atoms with E-state index < -0.39 is 19.2 Å². The van der Waals surface area contributed by atoms with Crippen LogP contribution in [0.4, 0.5) is 0 Å². The van der Waals surface area contributed by atoms with Gasteiger partial charge in [0, 0.05) is 12.2 Å². The topological polar surface area (TPSA) is 23.1 Å². The van der Waals surface area contributed by atoms with Crippen molar-refractivity contribution in [1.29, 1.82) is 0 Å². The van der Waals surface area contributed by atoms with Gasteiger partial charge in [-0.15, -0.1) is 11.8 Å². The lowest BCUT2D eigenvalue weighted by atomic mass is 10.6. The summed E-state index contributed by atoms with van der Waals surface area (Å²) in [6, 6.07) is 0. The first-order valence-electron chi connectivity index (χ1n) is 4.00. The fraction of sp³-hybridized carbons (Fsp3) is 1.00. The Balaban J connectivity index is 2.55. The van der Waals surface area contributed by atoms with Crippen molar-refractivity contribution < 1.29 is 4.55 Å². The third kappa shape index (κ3) is 2.68. The van der Waals surface area contributed by atoms with Crippen LogP contribution in [-0.4, -0.2) is 28.3 Å². The standard InChI is InChI=1S/C7H16OS2Si/c1-11(2,3)7-9-5-4-6-10(7)8/h7H,4-6H2,1-3H3. The van der Waals surface area contributed by atoms with E-state index in [2.05, 4.69) is 19.6 Å². The zero-order valence-corrected chi connectivity index (χ0v) is 10.1. The lowest BCUT2D eigenvalue weighted by Crippen LogP contribution is -2.44. The molecule has 0 saturated carbocycles. The van der Waals surface area contributed by atoms with Gasteiger partial charge in [0.2, 0.25) is 0 Å². The molecule has 0 spiro atoms. The highest BCUT2D eigenvalue weighted by atomic mass is 32.3. The molecule has 0 bridgehead atoms. The summed E-state index contributed by atoms with van der Waals surface area (Å²) in [5.74, 6) is 2.17. The fourth-order valence-electron chi connectivity index (χ4n) is 1.22. The minimum absolute atomic E-state index is 0.497. The molecule has 1 aliphatic rings. The third-order valence-electron chi connectivity index (χ3n) is 1.70. The van der Waals surface area contributed by atoms with Crippen molar-refractivity contribution in [2.75, 3.05) is 11.5 Å². The van der Waals surface area contributed by atoms with Crippen LogP contribution in [0, 0.1) is 0 Å². The lowest BCUT2D eigenvalue weighted by Gasteiger charge is -2.33. The summed E-state index contributed by atoms with van der Waals surface area (Å²) in [7, 11) is -1.16.